The lowest BCUT2D eigenvalue weighted by molar-refractivity contribution is -0.167. The average Bonchev–Trinajstić information content (AvgIpc) is 3.49. The molecule has 0 aromatic heterocycles. The minimum atomic E-state index is -0.792. The fourth-order valence-electron chi connectivity index (χ4n) is 9.50. The van der Waals surface area contributed by atoms with E-state index in [1.54, 1.807) is 0 Å². The molecule has 472 valence electrons. The highest BCUT2D eigenvalue weighted by molar-refractivity contribution is 5.71. The molecular weight excluding hydrogens is 1020 g/mol. The lowest BCUT2D eigenvalue weighted by Crippen LogP contribution is -2.30. The molecule has 0 amide bonds. The van der Waals surface area contributed by atoms with Crippen LogP contribution in [-0.4, -0.2) is 37.2 Å². The number of carbonyl (C=O) groups is 3. The molecule has 0 aliphatic carbocycles. The highest BCUT2D eigenvalue weighted by Crippen LogP contribution is 2.17. The van der Waals surface area contributed by atoms with Crippen molar-refractivity contribution >= 4 is 17.9 Å². The molecule has 0 saturated heterocycles. The lowest BCUT2D eigenvalue weighted by Gasteiger charge is -2.18. The van der Waals surface area contributed by atoms with Gasteiger partial charge in [0.15, 0.2) is 6.10 Å². The van der Waals surface area contributed by atoms with Crippen molar-refractivity contribution in [2.75, 3.05) is 13.2 Å². The lowest BCUT2D eigenvalue weighted by atomic mass is 10.0. The van der Waals surface area contributed by atoms with E-state index in [2.05, 4.69) is 154 Å². The number of hydrogen-bond acceptors (Lipinski definition) is 6. The highest BCUT2D eigenvalue weighted by atomic mass is 16.6. The van der Waals surface area contributed by atoms with E-state index in [0.717, 1.165) is 154 Å². The fraction of sp³-hybridized carbons (Fsp3) is 0.675. The van der Waals surface area contributed by atoms with Gasteiger partial charge < -0.3 is 14.2 Å². The van der Waals surface area contributed by atoms with Gasteiger partial charge in [-0.2, -0.15) is 0 Å². The Kier molecular flexibility index (Phi) is 66.3. The number of carbonyl (C=O) groups excluding carboxylic acids is 3. The van der Waals surface area contributed by atoms with Crippen molar-refractivity contribution in [1.82, 2.24) is 0 Å². The SMILES string of the molecule is CC/C=C\C/C=C\C/C=C\C/C=C\C/C=C\C/C=C\CCCCCCCCCCCCCCCCCCC(=O)OCC(COC(=O)CCCCCCC/C=C\C/C=C\CCC)OC(=O)CCCCCCCCC/C=C\C/C=C\C/C=C\CC. The van der Waals surface area contributed by atoms with Crippen LogP contribution < -0.4 is 0 Å². The van der Waals surface area contributed by atoms with Crippen LogP contribution in [0.15, 0.2) is 134 Å². The quantitative estimate of drug-likeness (QED) is 0.0261. The summed E-state index contributed by atoms with van der Waals surface area (Å²) >= 11 is 0. The van der Waals surface area contributed by atoms with Crippen molar-refractivity contribution in [3.8, 4) is 0 Å². The summed E-state index contributed by atoms with van der Waals surface area (Å²) in [5, 5.41) is 0. The zero-order chi connectivity index (χ0) is 59.9. The molecule has 6 heteroatoms. The summed E-state index contributed by atoms with van der Waals surface area (Å²) in [6.07, 6.45) is 99.1. The Balaban J connectivity index is 4.18. The zero-order valence-corrected chi connectivity index (χ0v) is 54.2. The summed E-state index contributed by atoms with van der Waals surface area (Å²) in [4.78, 5) is 38.3. The molecule has 0 radical (unpaired) electrons. The third-order valence-electron chi connectivity index (χ3n) is 14.6. The molecule has 0 heterocycles. The van der Waals surface area contributed by atoms with Crippen molar-refractivity contribution in [3.05, 3.63) is 134 Å². The van der Waals surface area contributed by atoms with E-state index in [-0.39, 0.29) is 31.1 Å². The zero-order valence-electron chi connectivity index (χ0n) is 54.2. The fourth-order valence-corrected chi connectivity index (χ4v) is 9.50. The Hall–Kier alpha value is -4.45. The molecule has 0 fully saturated rings. The third-order valence-corrected chi connectivity index (χ3v) is 14.6. The van der Waals surface area contributed by atoms with Gasteiger partial charge in [-0.3, -0.25) is 14.4 Å². The second-order valence-corrected chi connectivity index (χ2v) is 22.7. The monoisotopic (exact) mass is 1150 g/mol. The molecule has 83 heavy (non-hydrogen) atoms. The molecule has 0 aromatic rings. The minimum absolute atomic E-state index is 0.0871. The standard InChI is InChI=1S/C77H128O6/c1-4-7-10-13-16-19-22-25-27-29-30-31-32-33-34-35-36-37-38-39-40-41-42-43-44-45-46-48-49-52-55-58-61-64-67-70-76(79)82-73-74(72-81-75(78)69-66-63-60-57-54-51-24-21-18-15-12-9-6-3)83-77(80)71-68-65-62-59-56-53-50-47-28-26-23-20-17-14-11-8-5-2/h7-8,10-12,15-17,19-21,24-28,30-31,33-34,36-37,74H,4-6,9,13-14,18,22-23,29,32,35,38-73H2,1-3H3/b10-7-,11-8-,15-12-,19-16-,20-17-,24-21-,27-25-,28-26-,31-30-,34-33-,37-36-. The molecular formula is C77H128O6. The number of unbranched alkanes of at least 4 members (excludes halogenated alkanes) is 29. The van der Waals surface area contributed by atoms with E-state index in [4.69, 9.17) is 14.2 Å². The van der Waals surface area contributed by atoms with Gasteiger partial charge in [-0.1, -0.05) is 302 Å². The second kappa shape index (κ2) is 70.0. The van der Waals surface area contributed by atoms with Crippen molar-refractivity contribution in [2.24, 2.45) is 0 Å². The highest BCUT2D eigenvalue weighted by Gasteiger charge is 2.19. The summed E-state index contributed by atoms with van der Waals surface area (Å²) in [6.45, 7) is 6.35. The van der Waals surface area contributed by atoms with Crippen LogP contribution in [0.4, 0.5) is 0 Å². The predicted molar refractivity (Wildman–Crippen MR) is 362 cm³/mol. The molecule has 0 aliphatic heterocycles. The van der Waals surface area contributed by atoms with E-state index in [9.17, 15) is 14.4 Å². The van der Waals surface area contributed by atoms with Crippen molar-refractivity contribution in [1.29, 1.82) is 0 Å². The van der Waals surface area contributed by atoms with Gasteiger partial charge in [-0.05, 0) is 128 Å². The van der Waals surface area contributed by atoms with Gasteiger partial charge in [0.2, 0.25) is 0 Å². The normalized spacial score (nSPS) is 13.0. The number of rotatable bonds is 62. The van der Waals surface area contributed by atoms with E-state index in [1.165, 1.54) is 122 Å². The minimum Gasteiger partial charge on any atom is -0.462 e. The molecule has 0 saturated carbocycles. The topological polar surface area (TPSA) is 78.9 Å². The first-order valence-electron chi connectivity index (χ1n) is 34.7. The molecule has 0 aromatic carbocycles. The molecule has 1 unspecified atom stereocenters. The Morgan fingerprint density at radius 1 is 0.253 bits per heavy atom. The van der Waals surface area contributed by atoms with Crippen LogP contribution in [-0.2, 0) is 28.6 Å². The summed E-state index contributed by atoms with van der Waals surface area (Å²) in [6, 6.07) is 0. The molecule has 1 atom stereocenters. The Morgan fingerprint density at radius 3 is 0.735 bits per heavy atom. The van der Waals surface area contributed by atoms with E-state index >= 15 is 0 Å². The second-order valence-electron chi connectivity index (χ2n) is 22.7. The maximum Gasteiger partial charge on any atom is 0.306 e. The van der Waals surface area contributed by atoms with Gasteiger partial charge >= 0.3 is 17.9 Å². The Bertz CT molecular complexity index is 1750. The van der Waals surface area contributed by atoms with Crippen LogP contribution in [0.1, 0.15) is 316 Å². The van der Waals surface area contributed by atoms with Crippen LogP contribution in [0.3, 0.4) is 0 Å². The van der Waals surface area contributed by atoms with Gasteiger partial charge in [-0.25, -0.2) is 0 Å². The summed E-state index contributed by atoms with van der Waals surface area (Å²) in [5.74, 6) is -0.904. The van der Waals surface area contributed by atoms with Crippen LogP contribution in [0.5, 0.6) is 0 Å². The van der Waals surface area contributed by atoms with Gasteiger partial charge in [-0.15, -0.1) is 0 Å². The smallest absolute Gasteiger partial charge is 0.306 e. The maximum atomic E-state index is 12.9. The summed E-state index contributed by atoms with van der Waals surface area (Å²) in [7, 11) is 0. The number of esters is 3. The molecule has 0 spiro atoms. The Morgan fingerprint density at radius 2 is 0.470 bits per heavy atom. The molecule has 0 N–H and O–H groups in total. The summed E-state index contributed by atoms with van der Waals surface area (Å²) in [5.41, 5.74) is 0. The van der Waals surface area contributed by atoms with E-state index < -0.39 is 6.10 Å². The van der Waals surface area contributed by atoms with Crippen molar-refractivity contribution in [3.63, 3.8) is 0 Å². The third kappa shape index (κ3) is 68.2. The van der Waals surface area contributed by atoms with Crippen LogP contribution in [0.2, 0.25) is 0 Å². The van der Waals surface area contributed by atoms with Crippen LogP contribution in [0.25, 0.3) is 0 Å². The summed E-state index contributed by atoms with van der Waals surface area (Å²) < 4.78 is 16.9. The average molecular weight is 1150 g/mol. The van der Waals surface area contributed by atoms with Gasteiger partial charge in [0.25, 0.3) is 0 Å². The van der Waals surface area contributed by atoms with Crippen LogP contribution >= 0.6 is 0 Å². The molecule has 6 nitrogen and oxygen atoms in total. The maximum absolute atomic E-state index is 12.9. The van der Waals surface area contributed by atoms with Crippen molar-refractivity contribution in [2.45, 2.75) is 322 Å². The molecule has 0 aliphatic rings. The van der Waals surface area contributed by atoms with Crippen molar-refractivity contribution < 1.29 is 28.6 Å². The molecule has 0 bridgehead atoms. The van der Waals surface area contributed by atoms with Crippen LogP contribution in [0, 0.1) is 0 Å². The van der Waals surface area contributed by atoms with Gasteiger partial charge in [0.05, 0.1) is 0 Å². The van der Waals surface area contributed by atoms with Gasteiger partial charge in [0.1, 0.15) is 13.2 Å². The predicted octanol–water partition coefficient (Wildman–Crippen LogP) is 24.1. The first-order valence-corrected chi connectivity index (χ1v) is 34.7. The largest absolute Gasteiger partial charge is 0.462 e. The van der Waals surface area contributed by atoms with E-state index in [1.807, 2.05) is 0 Å². The number of allylic oxidation sites excluding steroid dienone is 22. The first-order chi connectivity index (χ1) is 41.0. The van der Waals surface area contributed by atoms with E-state index in [0.29, 0.717) is 19.3 Å². The number of ether oxygens (including phenoxy) is 3. The molecule has 0 rings (SSSR count). The first kappa shape index (κ1) is 78.5. The Labute approximate surface area is 513 Å². The van der Waals surface area contributed by atoms with Gasteiger partial charge in [0, 0.05) is 19.3 Å². The number of hydrogen-bond donors (Lipinski definition) is 0.